The first-order valence-electron chi connectivity index (χ1n) is 8.96. The van der Waals surface area contributed by atoms with E-state index in [1.165, 1.54) is 19.1 Å². The zero-order chi connectivity index (χ0) is 22.7. The molecule has 0 saturated heterocycles. The monoisotopic (exact) mass is 545 g/mol. The second kappa shape index (κ2) is 9.37. The first-order chi connectivity index (χ1) is 14.8. The van der Waals surface area contributed by atoms with Crippen LogP contribution in [0, 0.1) is 11.3 Å². The van der Waals surface area contributed by atoms with Crippen molar-refractivity contribution in [3.63, 3.8) is 0 Å². The lowest BCUT2D eigenvalue weighted by Crippen LogP contribution is -2.40. The van der Waals surface area contributed by atoms with E-state index in [0.29, 0.717) is 15.7 Å². The van der Waals surface area contributed by atoms with Gasteiger partial charge in [0.25, 0.3) is 0 Å². The summed E-state index contributed by atoms with van der Waals surface area (Å²) in [5, 5.41) is 9.99. The lowest BCUT2D eigenvalue weighted by Gasteiger charge is -2.36. The van der Waals surface area contributed by atoms with E-state index >= 15 is 0 Å². The molecule has 0 aliphatic carbocycles. The molecule has 1 heterocycles. The minimum absolute atomic E-state index is 0.0126. The first-order valence-corrected chi connectivity index (χ1v) is 10.5. The molecule has 7 nitrogen and oxygen atoms in total. The highest BCUT2D eigenvalue weighted by molar-refractivity contribution is 9.13. The third-order valence-corrected chi connectivity index (χ3v) is 6.65. The maximum Gasteiger partial charge on any atom is 0.355 e. The Balaban J connectivity index is 2.41. The van der Waals surface area contributed by atoms with Crippen molar-refractivity contribution in [1.82, 2.24) is 0 Å². The number of anilines is 1. The van der Waals surface area contributed by atoms with E-state index in [-0.39, 0.29) is 22.7 Å². The molecule has 9 heteroatoms. The van der Waals surface area contributed by atoms with Crippen LogP contribution >= 0.6 is 31.9 Å². The van der Waals surface area contributed by atoms with Gasteiger partial charge < -0.3 is 15.2 Å². The summed E-state index contributed by atoms with van der Waals surface area (Å²) in [6, 6.07) is 16.1. The number of carbonyl (C=O) groups excluding carboxylic acids is 2. The summed E-state index contributed by atoms with van der Waals surface area (Å²) in [6.07, 6.45) is 0. The zero-order valence-corrected chi connectivity index (χ0v) is 19.7. The second-order valence-corrected chi connectivity index (χ2v) is 8.14. The van der Waals surface area contributed by atoms with Gasteiger partial charge in [0.1, 0.15) is 11.5 Å². The molecular formula is C22H17Br2N3O4. The van der Waals surface area contributed by atoms with Crippen LogP contribution in [0.5, 0.6) is 0 Å². The average Bonchev–Trinajstić information content (AvgIpc) is 2.79. The van der Waals surface area contributed by atoms with Gasteiger partial charge in [0, 0.05) is 14.6 Å². The van der Waals surface area contributed by atoms with Crippen molar-refractivity contribution >= 4 is 49.5 Å². The van der Waals surface area contributed by atoms with Crippen LogP contribution < -0.4 is 10.6 Å². The Labute approximate surface area is 196 Å². The van der Waals surface area contributed by atoms with Crippen LogP contribution in [0.3, 0.4) is 0 Å². The van der Waals surface area contributed by atoms with Gasteiger partial charge in [-0.05, 0) is 55.6 Å². The van der Waals surface area contributed by atoms with Gasteiger partial charge in [-0.1, -0.05) is 30.3 Å². The van der Waals surface area contributed by atoms with Crippen LogP contribution in [0.2, 0.25) is 0 Å². The molecule has 0 saturated carbocycles. The minimum atomic E-state index is -0.900. The highest BCUT2D eigenvalue weighted by Gasteiger charge is 2.43. The fourth-order valence-electron chi connectivity index (χ4n) is 3.41. The van der Waals surface area contributed by atoms with E-state index in [9.17, 15) is 14.9 Å². The summed E-state index contributed by atoms with van der Waals surface area (Å²) in [5.41, 5.74) is 7.45. The molecule has 158 valence electrons. The summed E-state index contributed by atoms with van der Waals surface area (Å²) in [5.74, 6) is -2.45. The number of nitrogens with zero attached hydrogens (tertiary/aromatic N) is 2. The number of hydrogen-bond donors (Lipinski definition) is 1. The Morgan fingerprint density at radius 1 is 1.03 bits per heavy atom. The third kappa shape index (κ3) is 4.09. The number of ether oxygens (including phenoxy) is 2. The zero-order valence-electron chi connectivity index (χ0n) is 16.6. The van der Waals surface area contributed by atoms with Gasteiger partial charge in [-0.3, -0.25) is 4.90 Å². The van der Waals surface area contributed by atoms with E-state index in [0.717, 1.165) is 4.47 Å². The molecule has 0 aromatic heterocycles. The summed E-state index contributed by atoms with van der Waals surface area (Å²) >= 11 is 6.83. The Bertz CT molecular complexity index is 1150. The van der Waals surface area contributed by atoms with Crippen LogP contribution in [0.1, 0.15) is 11.5 Å². The fourth-order valence-corrected chi connectivity index (χ4v) is 4.02. The molecule has 1 aliphatic heterocycles. The van der Waals surface area contributed by atoms with E-state index in [1.807, 2.05) is 0 Å². The third-order valence-electron chi connectivity index (χ3n) is 4.77. The molecule has 1 atom stereocenters. The maximum absolute atomic E-state index is 12.9. The summed E-state index contributed by atoms with van der Waals surface area (Å²) < 4.78 is 11.5. The summed E-state index contributed by atoms with van der Waals surface area (Å²) in [6.45, 7) is 0. The number of nitriles is 1. The molecule has 2 aromatic rings. The van der Waals surface area contributed by atoms with Crippen molar-refractivity contribution in [2.75, 3.05) is 19.1 Å². The Kier molecular flexibility index (Phi) is 6.83. The molecule has 0 bridgehead atoms. The summed E-state index contributed by atoms with van der Waals surface area (Å²) in [4.78, 5) is 27.2. The largest absolute Gasteiger partial charge is 0.466 e. The van der Waals surface area contributed by atoms with Crippen LogP contribution in [0.4, 0.5) is 5.69 Å². The predicted molar refractivity (Wildman–Crippen MR) is 121 cm³/mol. The number of carbonyl (C=O) groups is 2. The number of allylic oxidation sites excluding steroid dienone is 1. The average molecular weight is 547 g/mol. The van der Waals surface area contributed by atoms with E-state index < -0.39 is 17.9 Å². The Hall–Kier alpha value is -3.09. The number of esters is 2. The minimum Gasteiger partial charge on any atom is -0.466 e. The quantitative estimate of drug-likeness (QED) is 0.575. The van der Waals surface area contributed by atoms with Crippen molar-refractivity contribution < 1.29 is 19.1 Å². The van der Waals surface area contributed by atoms with Gasteiger partial charge in [-0.25, -0.2) is 9.59 Å². The van der Waals surface area contributed by atoms with Gasteiger partial charge in [-0.2, -0.15) is 5.26 Å². The standard InChI is InChI=1S/C22H17Br2N3O4/c1-30-21(28)18-17(12-6-4-3-5-7-12)14(11-25)20(26)27(19(18)22(29)31-2)13-8-9-15(23)16(24)10-13/h3-10,17H,26H2,1-2H3. The number of hydrogen-bond acceptors (Lipinski definition) is 7. The lowest BCUT2D eigenvalue weighted by molar-refractivity contribution is -0.139. The Morgan fingerprint density at radius 2 is 1.68 bits per heavy atom. The van der Waals surface area contributed by atoms with Crippen LogP contribution in [-0.4, -0.2) is 26.2 Å². The number of nitrogens with two attached hydrogens (primary N) is 1. The second-order valence-electron chi connectivity index (χ2n) is 6.43. The first kappa shape index (κ1) is 22.6. The topological polar surface area (TPSA) is 106 Å². The van der Waals surface area contributed by atoms with Gasteiger partial charge in [0.2, 0.25) is 0 Å². The van der Waals surface area contributed by atoms with Gasteiger partial charge >= 0.3 is 11.9 Å². The molecule has 2 aromatic carbocycles. The molecule has 1 aliphatic rings. The maximum atomic E-state index is 12.9. The normalized spacial score (nSPS) is 16.1. The van der Waals surface area contributed by atoms with Gasteiger partial charge in [0.15, 0.2) is 0 Å². The molecule has 3 rings (SSSR count). The van der Waals surface area contributed by atoms with Gasteiger partial charge in [-0.15, -0.1) is 0 Å². The number of methoxy groups -OCH3 is 2. The van der Waals surface area contributed by atoms with Crippen molar-refractivity contribution in [3.05, 3.63) is 85.7 Å². The number of benzene rings is 2. The summed E-state index contributed by atoms with van der Waals surface area (Å²) in [7, 11) is 2.41. The van der Waals surface area contributed by atoms with Crippen LogP contribution in [0.25, 0.3) is 0 Å². The molecule has 0 fully saturated rings. The smallest absolute Gasteiger partial charge is 0.355 e. The highest BCUT2D eigenvalue weighted by Crippen LogP contribution is 2.43. The molecular weight excluding hydrogens is 530 g/mol. The van der Waals surface area contributed by atoms with Gasteiger partial charge in [0.05, 0.1) is 37.4 Å². The molecule has 1 unspecified atom stereocenters. The lowest BCUT2D eigenvalue weighted by atomic mass is 9.81. The number of halogens is 2. The molecule has 0 spiro atoms. The van der Waals surface area contributed by atoms with E-state index in [4.69, 9.17) is 15.2 Å². The molecule has 0 amide bonds. The molecule has 2 N–H and O–H groups in total. The van der Waals surface area contributed by atoms with E-state index in [2.05, 4.69) is 37.9 Å². The van der Waals surface area contributed by atoms with Crippen LogP contribution in [0.15, 0.2) is 80.1 Å². The molecule has 0 radical (unpaired) electrons. The predicted octanol–water partition coefficient (Wildman–Crippen LogP) is 4.11. The molecule has 31 heavy (non-hydrogen) atoms. The Morgan fingerprint density at radius 3 is 2.23 bits per heavy atom. The van der Waals surface area contributed by atoms with Crippen molar-refractivity contribution in [1.29, 1.82) is 5.26 Å². The van der Waals surface area contributed by atoms with Crippen molar-refractivity contribution in [2.24, 2.45) is 5.73 Å². The van der Waals surface area contributed by atoms with E-state index in [1.54, 1.807) is 48.5 Å². The number of rotatable bonds is 4. The van der Waals surface area contributed by atoms with Crippen LogP contribution in [-0.2, 0) is 19.1 Å². The highest BCUT2D eigenvalue weighted by atomic mass is 79.9. The van der Waals surface area contributed by atoms with Crippen molar-refractivity contribution in [2.45, 2.75) is 5.92 Å². The fraction of sp³-hybridized carbons (Fsp3) is 0.136. The van der Waals surface area contributed by atoms with Crippen molar-refractivity contribution in [3.8, 4) is 6.07 Å². The SMILES string of the molecule is COC(=O)C1=C(C(=O)OC)N(c2ccc(Br)c(Br)c2)C(N)=C(C#N)C1c1ccccc1.